The first kappa shape index (κ1) is 15.4. The molecular formula is C19H24N4O. The Morgan fingerprint density at radius 2 is 1.83 bits per heavy atom. The highest BCUT2D eigenvalue weighted by Gasteiger charge is 2.31. The monoisotopic (exact) mass is 324 g/mol. The minimum atomic E-state index is 0.106. The molecule has 0 unspecified atom stereocenters. The zero-order valence-electron chi connectivity index (χ0n) is 14.2. The number of rotatable bonds is 4. The minimum Gasteiger partial charge on any atom is -0.335 e. The van der Waals surface area contributed by atoms with E-state index in [0.29, 0.717) is 11.6 Å². The van der Waals surface area contributed by atoms with Gasteiger partial charge in [0.15, 0.2) is 0 Å². The molecule has 5 heteroatoms. The Morgan fingerprint density at radius 3 is 2.46 bits per heavy atom. The summed E-state index contributed by atoms with van der Waals surface area (Å²) in [4.78, 5) is 17.4. The molecule has 1 aromatic heterocycles. The maximum absolute atomic E-state index is 13.1. The van der Waals surface area contributed by atoms with Gasteiger partial charge in [-0.2, -0.15) is 5.10 Å². The number of piperazine rings is 1. The predicted molar refractivity (Wildman–Crippen MR) is 93.6 cm³/mol. The smallest absolute Gasteiger partial charge is 0.272 e. The third-order valence-corrected chi connectivity index (χ3v) is 5.05. The lowest BCUT2D eigenvalue weighted by molar-refractivity contribution is 0.0634. The van der Waals surface area contributed by atoms with Crippen molar-refractivity contribution < 1.29 is 4.79 Å². The van der Waals surface area contributed by atoms with Crippen molar-refractivity contribution in [3.8, 4) is 5.69 Å². The molecule has 2 heterocycles. The van der Waals surface area contributed by atoms with E-state index in [2.05, 4.69) is 11.8 Å². The summed E-state index contributed by atoms with van der Waals surface area (Å²) in [6.45, 7) is 6.73. The Hall–Kier alpha value is -2.14. The molecule has 126 valence electrons. The van der Waals surface area contributed by atoms with Gasteiger partial charge in [-0.3, -0.25) is 4.79 Å². The number of amides is 1. The molecule has 1 saturated carbocycles. The lowest BCUT2D eigenvalue weighted by Gasteiger charge is -2.34. The van der Waals surface area contributed by atoms with Gasteiger partial charge in [-0.05, 0) is 37.6 Å². The maximum Gasteiger partial charge on any atom is 0.272 e. The van der Waals surface area contributed by atoms with Crippen LogP contribution in [0.5, 0.6) is 0 Å². The summed E-state index contributed by atoms with van der Waals surface area (Å²) in [5, 5.41) is 4.75. The third-order valence-electron chi connectivity index (χ3n) is 5.05. The van der Waals surface area contributed by atoms with E-state index >= 15 is 0 Å². The second-order valence-electron chi connectivity index (χ2n) is 6.70. The van der Waals surface area contributed by atoms with Gasteiger partial charge in [0, 0.05) is 32.1 Å². The fourth-order valence-corrected chi connectivity index (χ4v) is 3.33. The first-order valence-electron chi connectivity index (χ1n) is 8.93. The SMILES string of the molecule is CCN1CCN(C(=O)c2cc(C3CC3)nn2-c2ccccc2)CC1. The second-order valence-corrected chi connectivity index (χ2v) is 6.70. The lowest BCUT2D eigenvalue weighted by Crippen LogP contribution is -2.48. The van der Waals surface area contributed by atoms with Crippen LogP contribution >= 0.6 is 0 Å². The summed E-state index contributed by atoms with van der Waals surface area (Å²) in [5.41, 5.74) is 2.72. The van der Waals surface area contributed by atoms with Gasteiger partial charge < -0.3 is 9.80 Å². The summed E-state index contributed by atoms with van der Waals surface area (Å²) in [6.07, 6.45) is 2.38. The molecule has 1 aliphatic heterocycles. The van der Waals surface area contributed by atoms with E-state index in [9.17, 15) is 4.79 Å². The number of carbonyl (C=O) groups excluding carboxylic acids is 1. The average molecular weight is 324 g/mol. The van der Waals surface area contributed by atoms with Gasteiger partial charge in [0.25, 0.3) is 5.91 Å². The van der Waals surface area contributed by atoms with Crippen LogP contribution in [0.3, 0.4) is 0 Å². The second kappa shape index (κ2) is 6.40. The van der Waals surface area contributed by atoms with Crippen molar-refractivity contribution in [1.82, 2.24) is 19.6 Å². The van der Waals surface area contributed by atoms with Gasteiger partial charge in [0.1, 0.15) is 5.69 Å². The molecule has 24 heavy (non-hydrogen) atoms. The van der Waals surface area contributed by atoms with E-state index in [4.69, 9.17) is 5.10 Å². The summed E-state index contributed by atoms with van der Waals surface area (Å²) < 4.78 is 1.84. The van der Waals surface area contributed by atoms with E-state index in [-0.39, 0.29) is 5.91 Å². The minimum absolute atomic E-state index is 0.106. The Kier molecular flexibility index (Phi) is 4.10. The van der Waals surface area contributed by atoms with E-state index < -0.39 is 0 Å². The Bertz CT molecular complexity index is 712. The molecular weight excluding hydrogens is 300 g/mol. The van der Waals surface area contributed by atoms with Crippen LogP contribution in [0.1, 0.15) is 41.9 Å². The summed E-state index contributed by atoms with van der Waals surface area (Å²) >= 11 is 0. The normalized spacial score (nSPS) is 18.8. The quantitative estimate of drug-likeness (QED) is 0.868. The molecule has 0 atom stereocenters. The van der Waals surface area contributed by atoms with Crippen LogP contribution in [0.25, 0.3) is 5.69 Å². The Morgan fingerprint density at radius 1 is 1.12 bits per heavy atom. The van der Waals surface area contributed by atoms with Crippen molar-refractivity contribution in [2.45, 2.75) is 25.7 Å². The number of nitrogens with zero attached hydrogens (tertiary/aromatic N) is 4. The third kappa shape index (κ3) is 2.96. The number of benzene rings is 1. The molecule has 0 spiro atoms. The molecule has 5 nitrogen and oxygen atoms in total. The zero-order valence-corrected chi connectivity index (χ0v) is 14.2. The predicted octanol–water partition coefficient (Wildman–Crippen LogP) is 2.53. The standard InChI is InChI=1S/C19H24N4O/c1-2-21-10-12-22(13-11-21)19(24)18-14-17(15-8-9-15)20-23(18)16-6-4-3-5-7-16/h3-7,14-15H,2,8-13H2,1H3. The molecule has 1 saturated heterocycles. The van der Waals surface area contributed by atoms with E-state index in [1.807, 2.05) is 46.0 Å². The van der Waals surface area contributed by atoms with E-state index in [1.165, 1.54) is 12.8 Å². The molecule has 2 aromatic rings. The molecule has 2 fully saturated rings. The van der Waals surface area contributed by atoms with Crippen LogP contribution in [0.15, 0.2) is 36.4 Å². The summed E-state index contributed by atoms with van der Waals surface area (Å²) in [6, 6.07) is 12.0. The van der Waals surface area contributed by atoms with Crippen molar-refractivity contribution in [1.29, 1.82) is 0 Å². The molecule has 4 rings (SSSR count). The topological polar surface area (TPSA) is 41.4 Å². The average Bonchev–Trinajstić information content (AvgIpc) is 3.40. The fraction of sp³-hybridized carbons (Fsp3) is 0.474. The van der Waals surface area contributed by atoms with Gasteiger partial charge in [-0.1, -0.05) is 25.1 Å². The maximum atomic E-state index is 13.1. The highest BCUT2D eigenvalue weighted by Crippen LogP contribution is 2.39. The van der Waals surface area contributed by atoms with Crippen LogP contribution in [-0.4, -0.2) is 58.2 Å². The molecule has 0 bridgehead atoms. The number of aromatic nitrogens is 2. The molecule has 0 radical (unpaired) electrons. The molecule has 2 aliphatic rings. The molecule has 1 aliphatic carbocycles. The van der Waals surface area contributed by atoms with Crippen molar-refractivity contribution in [3.63, 3.8) is 0 Å². The van der Waals surface area contributed by atoms with Crippen molar-refractivity contribution >= 4 is 5.91 Å². The van der Waals surface area contributed by atoms with Gasteiger partial charge in [-0.25, -0.2) is 4.68 Å². The van der Waals surface area contributed by atoms with Crippen molar-refractivity contribution in [3.05, 3.63) is 47.8 Å². The summed E-state index contributed by atoms with van der Waals surface area (Å²) in [7, 11) is 0. The first-order valence-corrected chi connectivity index (χ1v) is 8.93. The van der Waals surface area contributed by atoms with Crippen LogP contribution in [-0.2, 0) is 0 Å². The molecule has 0 N–H and O–H groups in total. The van der Waals surface area contributed by atoms with Crippen LogP contribution in [0.2, 0.25) is 0 Å². The van der Waals surface area contributed by atoms with E-state index in [1.54, 1.807) is 0 Å². The zero-order chi connectivity index (χ0) is 16.5. The Balaban J connectivity index is 1.63. The van der Waals surface area contributed by atoms with Crippen molar-refractivity contribution in [2.24, 2.45) is 0 Å². The number of para-hydroxylation sites is 1. The van der Waals surface area contributed by atoms with E-state index in [0.717, 1.165) is 44.1 Å². The van der Waals surface area contributed by atoms with Crippen LogP contribution in [0, 0.1) is 0 Å². The highest BCUT2D eigenvalue weighted by atomic mass is 16.2. The van der Waals surface area contributed by atoms with Gasteiger partial charge in [0.05, 0.1) is 11.4 Å². The number of likely N-dealkylation sites (N-methyl/N-ethyl adjacent to an activating group) is 1. The van der Waals surface area contributed by atoms with Gasteiger partial charge in [-0.15, -0.1) is 0 Å². The van der Waals surface area contributed by atoms with Crippen molar-refractivity contribution in [2.75, 3.05) is 32.7 Å². The number of hydrogen-bond donors (Lipinski definition) is 0. The van der Waals surface area contributed by atoms with Gasteiger partial charge in [0.2, 0.25) is 0 Å². The summed E-state index contributed by atoms with van der Waals surface area (Å²) in [5.74, 6) is 0.646. The molecule has 1 amide bonds. The lowest BCUT2D eigenvalue weighted by atomic mass is 10.2. The largest absolute Gasteiger partial charge is 0.335 e. The van der Waals surface area contributed by atoms with Crippen LogP contribution in [0.4, 0.5) is 0 Å². The number of carbonyl (C=O) groups is 1. The fourth-order valence-electron chi connectivity index (χ4n) is 3.33. The highest BCUT2D eigenvalue weighted by molar-refractivity contribution is 5.93. The Labute approximate surface area is 142 Å². The molecule has 1 aromatic carbocycles. The number of hydrogen-bond acceptors (Lipinski definition) is 3. The first-order chi connectivity index (χ1) is 11.8. The van der Waals surface area contributed by atoms with Gasteiger partial charge >= 0.3 is 0 Å². The van der Waals surface area contributed by atoms with Crippen LogP contribution < -0.4 is 0 Å².